The van der Waals surface area contributed by atoms with Crippen LogP contribution in [0.4, 0.5) is 4.39 Å². The van der Waals surface area contributed by atoms with Gasteiger partial charge in [0.15, 0.2) is 11.5 Å². The lowest BCUT2D eigenvalue weighted by molar-refractivity contribution is 0.0765. The summed E-state index contributed by atoms with van der Waals surface area (Å²) >= 11 is 0. The average molecular weight is 418 g/mol. The number of hydrogen-bond acceptors (Lipinski definition) is 4. The molecule has 0 aliphatic rings. The zero-order valence-corrected chi connectivity index (χ0v) is 17.3. The number of benzene rings is 2. The molecule has 1 amide bonds. The first-order valence-electron chi connectivity index (χ1n) is 9.86. The molecule has 5 nitrogen and oxygen atoms in total. The Morgan fingerprint density at radius 3 is 2.45 bits per heavy atom. The number of amides is 1. The smallest absolute Gasteiger partial charge is 0.255 e. The highest BCUT2D eigenvalue weighted by atomic mass is 19.1. The molecule has 0 aliphatic carbocycles. The van der Waals surface area contributed by atoms with Crippen molar-refractivity contribution in [3.05, 3.63) is 89.5 Å². The molecule has 0 bridgehead atoms. The quantitative estimate of drug-likeness (QED) is 0.481. The summed E-state index contributed by atoms with van der Waals surface area (Å²) in [5.41, 5.74) is 2.18. The fourth-order valence-electron chi connectivity index (χ4n) is 2.97. The van der Waals surface area contributed by atoms with E-state index in [0.717, 1.165) is 11.1 Å². The zero-order chi connectivity index (χ0) is 22.1. The van der Waals surface area contributed by atoms with Gasteiger partial charge in [-0.15, -0.1) is 6.42 Å². The highest BCUT2D eigenvalue weighted by Gasteiger charge is 2.18. The highest BCUT2D eigenvalue weighted by Crippen LogP contribution is 2.30. The molecule has 0 N–H and O–H groups in total. The number of nitrogens with zero attached hydrogens (tertiary/aromatic N) is 2. The minimum atomic E-state index is -0.331. The maximum Gasteiger partial charge on any atom is 0.255 e. The SMILES string of the molecule is C#CCN(Cc1ccc(F)cc1)C(=O)c1ccc(OCc2ccncc2)c(OCC)c1. The van der Waals surface area contributed by atoms with E-state index in [9.17, 15) is 9.18 Å². The van der Waals surface area contributed by atoms with Gasteiger partial charge in [-0.05, 0) is 60.5 Å². The lowest BCUT2D eigenvalue weighted by atomic mass is 10.1. The minimum absolute atomic E-state index is 0.125. The zero-order valence-electron chi connectivity index (χ0n) is 17.3. The predicted octanol–water partition coefficient (Wildman–Crippen LogP) is 4.47. The van der Waals surface area contributed by atoms with Crippen molar-refractivity contribution in [1.29, 1.82) is 0 Å². The standard InChI is InChI=1S/C25H23FN2O3/c1-3-15-28(17-19-5-8-22(26)9-6-19)25(29)21-7-10-23(24(16-21)30-4-2)31-18-20-11-13-27-14-12-20/h1,5-14,16H,4,15,17-18H2,2H3. The van der Waals surface area contributed by atoms with Crippen molar-refractivity contribution in [2.24, 2.45) is 0 Å². The van der Waals surface area contributed by atoms with Gasteiger partial charge in [-0.1, -0.05) is 18.1 Å². The first-order chi connectivity index (χ1) is 15.1. The maximum absolute atomic E-state index is 13.2. The van der Waals surface area contributed by atoms with Crippen molar-refractivity contribution < 1.29 is 18.7 Å². The van der Waals surface area contributed by atoms with Crippen molar-refractivity contribution in [1.82, 2.24) is 9.88 Å². The molecule has 0 saturated heterocycles. The molecule has 6 heteroatoms. The van der Waals surface area contributed by atoms with Gasteiger partial charge < -0.3 is 14.4 Å². The molecule has 2 aromatic carbocycles. The second-order valence-corrected chi connectivity index (χ2v) is 6.73. The van der Waals surface area contributed by atoms with Crippen molar-refractivity contribution >= 4 is 5.91 Å². The van der Waals surface area contributed by atoms with Gasteiger partial charge in [0.1, 0.15) is 12.4 Å². The molecule has 0 saturated carbocycles. The molecule has 1 heterocycles. The van der Waals surface area contributed by atoms with Crippen LogP contribution in [0.2, 0.25) is 0 Å². The van der Waals surface area contributed by atoms with E-state index in [4.69, 9.17) is 15.9 Å². The summed E-state index contributed by atoms with van der Waals surface area (Å²) in [6, 6.07) is 14.8. The molecule has 1 aromatic heterocycles. The Hall–Kier alpha value is -3.85. The van der Waals surface area contributed by atoms with Crippen LogP contribution >= 0.6 is 0 Å². The summed E-state index contributed by atoms with van der Waals surface area (Å²) in [5, 5.41) is 0. The summed E-state index contributed by atoms with van der Waals surface area (Å²) in [6.45, 7) is 3.03. The van der Waals surface area contributed by atoms with E-state index in [-0.39, 0.29) is 24.8 Å². The van der Waals surface area contributed by atoms with E-state index in [0.29, 0.717) is 30.3 Å². The summed E-state index contributed by atoms with van der Waals surface area (Å²) < 4.78 is 24.8. The number of carbonyl (C=O) groups excluding carboxylic acids is 1. The van der Waals surface area contributed by atoms with Crippen molar-refractivity contribution in [2.45, 2.75) is 20.1 Å². The Morgan fingerprint density at radius 1 is 1.03 bits per heavy atom. The largest absolute Gasteiger partial charge is 0.490 e. The van der Waals surface area contributed by atoms with Crippen LogP contribution in [0, 0.1) is 18.2 Å². The van der Waals surface area contributed by atoms with Gasteiger partial charge in [0.05, 0.1) is 13.2 Å². The first kappa shape index (κ1) is 21.8. The molecule has 31 heavy (non-hydrogen) atoms. The number of aromatic nitrogens is 1. The van der Waals surface area contributed by atoms with E-state index in [1.54, 1.807) is 42.7 Å². The number of terminal acetylenes is 1. The van der Waals surface area contributed by atoms with Gasteiger partial charge >= 0.3 is 0 Å². The normalized spacial score (nSPS) is 10.2. The minimum Gasteiger partial charge on any atom is -0.490 e. The fraction of sp³-hybridized carbons (Fsp3) is 0.200. The van der Waals surface area contributed by atoms with Crippen LogP contribution in [-0.2, 0) is 13.2 Å². The fourth-order valence-corrected chi connectivity index (χ4v) is 2.97. The number of ether oxygens (including phenoxy) is 2. The van der Waals surface area contributed by atoms with Gasteiger partial charge in [0.25, 0.3) is 5.91 Å². The van der Waals surface area contributed by atoms with E-state index in [1.165, 1.54) is 17.0 Å². The molecular formula is C25H23FN2O3. The van der Waals surface area contributed by atoms with E-state index < -0.39 is 0 Å². The number of rotatable bonds is 9. The van der Waals surface area contributed by atoms with Crippen LogP contribution in [0.1, 0.15) is 28.4 Å². The summed E-state index contributed by atoms with van der Waals surface area (Å²) in [4.78, 5) is 18.6. The van der Waals surface area contributed by atoms with Crippen LogP contribution in [-0.4, -0.2) is 28.9 Å². The van der Waals surface area contributed by atoms with Gasteiger partial charge in [-0.3, -0.25) is 9.78 Å². The van der Waals surface area contributed by atoms with Gasteiger partial charge in [-0.25, -0.2) is 4.39 Å². The Labute approximate surface area is 181 Å². The van der Waals surface area contributed by atoms with Crippen LogP contribution in [0.15, 0.2) is 67.0 Å². The van der Waals surface area contributed by atoms with E-state index in [2.05, 4.69) is 10.9 Å². The second kappa shape index (κ2) is 10.8. The van der Waals surface area contributed by atoms with Crippen molar-refractivity contribution in [2.75, 3.05) is 13.2 Å². The molecule has 0 fully saturated rings. The molecule has 0 aliphatic heterocycles. The number of pyridine rings is 1. The first-order valence-corrected chi connectivity index (χ1v) is 9.86. The third-order valence-electron chi connectivity index (χ3n) is 4.49. The van der Waals surface area contributed by atoms with E-state index in [1.807, 2.05) is 19.1 Å². The molecule has 0 radical (unpaired) electrons. The third kappa shape index (κ3) is 6.06. The molecule has 158 valence electrons. The lowest BCUT2D eigenvalue weighted by Crippen LogP contribution is -2.31. The van der Waals surface area contributed by atoms with Gasteiger partial charge in [0.2, 0.25) is 0 Å². The molecule has 0 atom stereocenters. The second-order valence-electron chi connectivity index (χ2n) is 6.73. The third-order valence-corrected chi connectivity index (χ3v) is 4.49. The number of carbonyl (C=O) groups is 1. The van der Waals surface area contributed by atoms with Crippen molar-refractivity contribution in [3.63, 3.8) is 0 Å². The van der Waals surface area contributed by atoms with Crippen LogP contribution in [0.5, 0.6) is 11.5 Å². The maximum atomic E-state index is 13.2. The summed E-state index contributed by atoms with van der Waals surface area (Å²) in [6.07, 6.45) is 8.87. The summed E-state index contributed by atoms with van der Waals surface area (Å²) in [5.74, 6) is 2.95. The van der Waals surface area contributed by atoms with Gasteiger partial charge in [0, 0.05) is 24.5 Å². The predicted molar refractivity (Wildman–Crippen MR) is 116 cm³/mol. The molecule has 3 rings (SSSR count). The number of halogens is 1. The average Bonchev–Trinajstić information content (AvgIpc) is 2.80. The van der Waals surface area contributed by atoms with E-state index >= 15 is 0 Å². The monoisotopic (exact) mass is 418 g/mol. The molecular weight excluding hydrogens is 395 g/mol. The highest BCUT2D eigenvalue weighted by molar-refractivity contribution is 5.95. The molecule has 0 unspecified atom stereocenters. The Bertz CT molecular complexity index is 1050. The number of hydrogen-bond donors (Lipinski definition) is 0. The Balaban J connectivity index is 1.78. The lowest BCUT2D eigenvalue weighted by Gasteiger charge is -2.21. The van der Waals surface area contributed by atoms with Crippen LogP contribution in [0.3, 0.4) is 0 Å². The van der Waals surface area contributed by atoms with Crippen LogP contribution < -0.4 is 9.47 Å². The molecule has 3 aromatic rings. The van der Waals surface area contributed by atoms with Crippen LogP contribution in [0.25, 0.3) is 0 Å². The Morgan fingerprint density at radius 2 is 1.77 bits per heavy atom. The Kier molecular flexibility index (Phi) is 7.61. The van der Waals surface area contributed by atoms with Gasteiger partial charge in [-0.2, -0.15) is 0 Å². The van der Waals surface area contributed by atoms with Crippen molar-refractivity contribution in [3.8, 4) is 23.8 Å². The topological polar surface area (TPSA) is 51.7 Å². The molecule has 0 spiro atoms. The summed E-state index contributed by atoms with van der Waals surface area (Å²) in [7, 11) is 0.